The molecule has 0 aliphatic carbocycles. The Kier molecular flexibility index (Phi) is 4.78. The zero-order valence-electron chi connectivity index (χ0n) is 11.8. The number of nitrogens with one attached hydrogen (secondary N) is 1. The molecule has 1 aliphatic rings. The Morgan fingerprint density at radius 2 is 2.11 bits per heavy atom. The van der Waals surface area contributed by atoms with Crippen molar-refractivity contribution in [2.24, 2.45) is 0 Å². The molecule has 1 N–H and O–H groups in total. The summed E-state index contributed by atoms with van der Waals surface area (Å²) in [6.07, 6.45) is 0. The number of hydrogen-bond acceptors (Lipinski definition) is 4. The molecule has 0 radical (unpaired) electrons. The normalized spacial score (nSPS) is 18.4. The van der Waals surface area contributed by atoms with Crippen molar-refractivity contribution in [2.45, 2.75) is 25.9 Å². The standard InChI is InChI=1S/C14H25N3S/c1-14(2,17-7-5-15-6-8-17)12-16(3)10-13-4-9-18-11-13/h4,9,11,15H,5-8,10,12H2,1-3H3. The maximum absolute atomic E-state index is 3.42. The summed E-state index contributed by atoms with van der Waals surface area (Å²) in [7, 11) is 2.22. The molecule has 18 heavy (non-hydrogen) atoms. The third-order valence-electron chi connectivity index (χ3n) is 3.66. The van der Waals surface area contributed by atoms with Crippen molar-refractivity contribution in [3.8, 4) is 0 Å². The highest BCUT2D eigenvalue weighted by Gasteiger charge is 2.28. The smallest absolute Gasteiger partial charge is 0.0281 e. The second-order valence-corrected chi connectivity index (χ2v) is 6.63. The molecule has 0 spiro atoms. The van der Waals surface area contributed by atoms with Gasteiger partial charge in [-0.25, -0.2) is 0 Å². The molecule has 2 rings (SSSR count). The van der Waals surface area contributed by atoms with E-state index in [2.05, 4.69) is 52.8 Å². The summed E-state index contributed by atoms with van der Waals surface area (Å²) in [5, 5.41) is 7.82. The summed E-state index contributed by atoms with van der Waals surface area (Å²) < 4.78 is 0. The summed E-state index contributed by atoms with van der Waals surface area (Å²) in [5.74, 6) is 0. The van der Waals surface area contributed by atoms with Gasteiger partial charge >= 0.3 is 0 Å². The predicted octanol–water partition coefficient (Wildman–Crippen LogP) is 1.86. The molecule has 0 saturated carbocycles. The van der Waals surface area contributed by atoms with Gasteiger partial charge in [-0.2, -0.15) is 11.3 Å². The fourth-order valence-corrected chi connectivity index (χ4v) is 3.44. The second-order valence-electron chi connectivity index (χ2n) is 5.85. The van der Waals surface area contributed by atoms with E-state index < -0.39 is 0 Å². The van der Waals surface area contributed by atoms with Crippen LogP contribution in [0.5, 0.6) is 0 Å². The number of likely N-dealkylation sites (N-methyl/N-ethyl adjacent to an activating group) is 1. The summed E-state index contributed by atoms with van der Waals surface area (Å²) in [5.41, 5.74) is 1.69. The Morgan fingerprint density at radius 1 is 1.39 bits per heavy atom. The first-order chi connectivity index (χ1) is 8.58. The minimum Gasteiger partial charge on any atom is -0.314 e. The van der Waals surface area contributed by atoms with Crippen molar-refractivity contribution >= 4 is 11.3 Å². The highest BCUT2D eigenvalue weighted by Crippen LogP contribution is 2.18. The van der Waals surface area contributed by atoms with Crippen LogP contribution in [0.3, 0.4) is 0 Å². The highest BCUT2D eigenvalue weighted by molar-refractivity contribution is 7.07. The highest BCUT2D eigenvalue weighted by atomic mass is 32.1. The van der Waals surface area contributed by atoms with Crippen LogP contribution in [0.4, 0.5) is 0 Å². The Hall–Kier alpha value is -0.420. The number of piperazine rings is 1. The average molecular weight is 267 g/mol. The van der Waals surface area contributed by atoms with Crippen LogP contribution in [0.2, 0.25) is 0 Å². The first-order valence-electron chi connectivity index (χ1n) is 6.73. The van der Waals surface area contributed by atoms with Crippen LogP contribution in [0, 0.1) is 0 Å². The largest absolute Gasteiger partial charge is 0.314 e. The summed E-state index contributed by atoms with van der Waals surface area (Å²) in [6.45, 7) is 11.5. The third kappa shape index (κ3) is 3.79. The van der Waals surface area contributed by atoms with E-state index in [-0.39, 0.29) is 5.54 Å². The van der Waals surface area contributed by atoms with Gasteiger partial charge < -0.3 is 10.2 Å². The summed E-state index contributed by atoms with van der Waals surface area (Å²) >= 11 is 1.78. The maximum atomic E-state index is 3.42. The van der Waals surface area contributed by atoms with Crippen LogP contribution in [0.25, 0.3) is 0 Å². The van der Waals surface area contributed by atoms with E-state index in [0.29, 0.717) is 0 Å². The lowest BCUT2D eigenvalue weighted by atomic mass is 10.0. The van der Waals surface area contributed by atoms with Crippen LogP contribution >= 0.6 is 11.3 Å². The van der Waals surface area contributed by atoms with Gasteiger partial charge in [0.05, 0.1) is 0 Å². The van der Waals surface area contributed by atoms with E-state index in [9.17, 15) is 0 Å². The Balaban J connectivity index is 1.86. The van der Waals surface area contributed by atoms with Gasteiger partial charge in [-0.05, 0) is 43.3 Å². The molecule has 1 aliphatic heterocycles. The van der Waals surface area contributed by atoms with E-state index in [4.69, 9.17) is 0 Å². The van der Waals surface area contributed by atoms with Crippen LogP contribution < -0.4 is 5.32 Å². The molecule has 0 bridgehead atoms. The van der Waals surface area contributed by atoms with E-state index in [1.165, 1.54) is 18.7 Å². The van der Waals surface area contributed by atoms with Gasteiger partial charge in [0.2, 0.25) is 0 Å². The summed E-state index contributed by atoms with van der Waals surface area (Å²) in [4.78, 5) is 5.04. The Morgan fingerprint density at radius 3 is 2.72 bits per heavy atom. The lowest BCUT2D eigenvalue weighted by Gasteiger charge is -2.43. The van der Waals surface area contributed by atoms with Crippen LogP contribution in [0.1, 0.15) is 19.4 Å². The minimum atomic E-state index is 0.257. The zero-order valence-corrected chi connectivity index (χ0v) is 12.6. The molecule has 4 heteroatoms. The van der Waals surface area contributed by atoms with Gasteiger partial charge in [-0.1, -0.05) is 0 Å². The third-order valence-corrected chi connectivity index (χ3v) is 4.39. The zero-order chi connectivity index (χ0) is 13.0. The molecule has 102 valence electrons. The molecular weight excluding hydrogens is 242 g/mol. The van der Waals surface area contributed by atoms with Crippen LogP contribution in [-0.2, 0) is 6.54 Å². The SMILES string of the molecule is CN(Cc1ccsc1)CC(C)(C)N1CCNCC1. The van der Waals surface area contributed by atoms with E-state index >= 15 is 0 Å². The Bertz CT molecular complexity index is 342. The van der Waals surface area contributed by atoms with E-state index in [0.717, 1.165) is 26.2 Å². The molecule has 1 aromatic rings. The monoisotopic (exact) mass is 267 g/mol. The van der Waals surface area contributed by atoms with Gasteiger partial charge in [-0.15, -0.1) is 0 Å². The van der Waals surface area contributed by atoms with Gasteiger partial charge in [0, 0.05) is 44.8 Å². The fourth-order valence-electron chi connectivity index (χ4n) is 2.78. The van der Waals surface area contributed by atoms with Crippen molar-refractivity contribution in [2.75, 3.05) is 39.8 Å². The lowest BCUT2D eigenvalue weighted by Crippen LogP contribution is -2.57. The minimum absolute atomic E-state index is 0.257. The second kappa shape index (κ2) is 6.15. The van der Waals surface area contributed by atoms with Gasteiger partial charge in [0.25, 0.3) is 0 Å². The Labute approximate surface area is 115 Å². The van der Waals surface area contributed by atoms with Crippen molar-refractivity contribution in [1.82, 2.24) is 15.1 Å². The molecular formula is C14H25N3S. The molecule has 3 nitrogen and oxygen atoms in total. The predicted molar refractivity (Wildman–Crippen MR) is 79.2 cm³/mol. The van der Waals surface area contributed by atoms with Crippen molar-refractivity contribution in [3.05, 3.63) is 22.4 Å². The molecule has 0 amide bonds. The van der Waals surface area contributed by atoms with Crippen LogP contribution in [-0.4, -0.2) is 55.1 Å². The van der Waals surface area contributed by atoms with E-state index in [1.807, 2.05) is 0 Å². The molecule has 1 saturated heterocycles. The van der Waals surface area contributed by atoms with Crippen molar-refractivity contribution in [3.63, 3.8) is 0 Å². The molecule has 1 aromatic heterocycles. The van der Waals surface area contributed by atoms with E-state index in [1.54, 1.807) is 11.3 Å². The quantitative estimate of drug-likeness (QED) is 0.878. The molecule has 0 unspecified atom stereocenters. The summed E-state index contributed by atoms with van der Waals surface area (Å²) in [6, 6.07) is 2.22. The van der Waals surface area contributed by atoms with Gasteiger partial charge in [0.1, 0.15) is 0 Å². The fraction of sp³-hybridized carbons (Fsp3) is 0.714. The molecule has 0 atom stereocenters. The lowest BCUT2D eigenvalue weighted by molar-refractivity contribution is 0.0694. The molecule has 2 heterocycles. The van der Waals surface area contributed by atoms with Crippen molar-refractivity contribution in [1.29, 1.82) is 0 Å². The first-order valence-corrected chi connectivity index (χ1v) is 7.67. The number of rotatable bonds is 5. The topological polar surface area (TPSA) is 18.5 Å². The maximum Gasteiger partial charge on any atom is 0.0281 e. The number of hydrogen-bond donors (Lipinski definition) is 1. The number of nitrogens with zero attached hydrogens (tertiary/aromatic N) is 2. The van der Waals surface area contributed by atoms with Crippen molar-refractivity contribution < 1.29 is 0 Å². The molecule has 1 fully saturated rings. The molecule has 0 aromatic carbocycles. The van der Waals surface area contributed by atoms with Gasteiger partial charge in [0.15, 0.2) is 0 Å². The van der Waals surface area contributed by atoms with Crippen LogP contribution in [0.15, 0.2) is 16.8 Å². The number of thiophene rings is 1. The average Bonchev–Trinajstić information content (AvgIpc) is 2.82. The first kappa shape index (κ1) is 14.0. The van der Waals surface area contributed by atoms with Gasteiger partial charge in [-0.3, -0.25) is 4.90 Å².